The molecule has 5 heteroatoms. The molecule has 152 valence electrons. The molecule has 0 fully saturated rings. The van der Waals surface area contributed by atoms with E-state index in [-0.39, 0.29) is 18.4 Å². The zero-order valence-electron chi connectivity index (χ0n) is 17.3. The van der Waals surface area contributed by atoms with E-state index in [0.717, 1.165) is 21.7 Å². The van der Waals surface area contributed by atoms with Crippen LogP contribution in [0, 0.1) is 6.92 Å². The van der Waals surface area contributed by atoms with Crippen molar-refractivity contribution in [1.29, 1.82) is 0 Å². The van der Waals surface area contributed by atoms with Crippen molar-refractivity contribution in [3.8, 4) is 0 Å². The van der Waals surface area contributed by atoms with Gasteiger partial charge in [-0.2, -0.15) is 0 Å². The number of amides is 2. The summed E-state index contributed by atoms with van der Waals surface area (Å²) < 4.78 is 0. The number of hydrogen-bond acceptors (Lipinski definition) is 4. The Hall–Kier alpha value is -3.18. The first-order valence-electron chi connectivity index (χ1n) is 10.0. The number of imide groups is 1. The Bertz CT molecular complexity index is 1100. The molecule has 4 nitrogen and oxygen atoms in total. The molecule has 0 unspecified atom stereocenters. The summed E-state index contributed by atoms with van der Waals surface area (Å²) in [6.45, 7) is 6.55. The highest BCUT2D eigenvalue weighted by molar-refractivity contribution is 7.11. The molecule has 4 rings (SSSR count). The third-order valence-electron chi connectivity index (χ3n) is 5.24. The molecule has 0 radical (unpaired) electrons. The van der Waals surface area contributed by atoms with Crippen LogP contribution in [0.1, 0.15) is 41.3 Å². The van der Waals surface area contributed by atoms with E-state index in [1.807, 2.05) is 73.0 Å². The minimum atomic E-state index is -0.295. The summed E-state index contributed by atoms with van der Waals surface area (Å²) in [4.78, 5) is 28.6. The van der Waals surface area contributed by atoms with E-state index >= 15 is 0 Å². The highest BCUT2D eigenvalue weighted by Gasteiger charge is 2.39. The number of hydrogen-bond donors (Lipinski definition) is 1. The molecule has 0 aliphatic carbocycles. The molecule has 2 aromatic carbocycles. The summed E-state index contributed by atoms with van der Waals surface area (Å²) in [5, 5.41) is 5.14. The van der Waals surface area contributed by atoms with Crippen molar-refractivity contribution in [3.63, 3.8) is 0 Å². The molecule has 0 atom stereocenters. The number of nitrogens with zero attached hydrogens (tertiary/aromatic N) is 1. The molecule has 0 saturated heterocycles. The highest BCUT2D eigenvalue weighted by atomic mass is 32.1. The molecule has 2 heterocycles. The zero-order valence-corrected chi connectivity index (χ0v) is 18.1. The second-order valence-electron chi connectivity index (χ2n) is 7.81. The number of nitrogens with one attached hydrogen (secondary N) is 1. The summed E-state index contributed by atoms with van der Waals surface area (Å²) in [6, 6.07) is 19.7. The number of thiophene rings is 1. The molecule has 1 aliphatic rings. The van der Waals surface area contributed by atoms with Gasteiger partial charge >= 0.3 is 0 Å². The maximum absolute atomic E-state index is 13.3. The standard InChI is InChI=1S/C25H24N2O2S/c1-16(2)19-10-12-20(13-11-19)26-23-22(21-5-4-14-30-21)24(28)27(25(23)29)15-18-8-6-17(3)7-9-18/h4-14,16,26H,15H2,1-3H3. The van der Waals surface area contributed by atoms with Gasteiger partial charge in [0.2, 0.25) is 0 Å². The van der Waals surface area contributed by atoms with Crippen LogP contribution < -0.4 is 5.32 Å². The summed E-state index contributed by atoms with van der Waals surface area (Å²) in [7, 11) is 0. The summed E-state index contributed by atoms with van der Waals surface area (Å²) >= 11 is 1.46. The van der Waals surface area contributed by atoms with E-state index < -0.39 is 0 Å². The molecule has 2 amide bonds. The van der Waals surface area contributed by atoms with Crippen LogP contribution in [0.4, 0.5) is 5.69 Å². The molecular weight excluding hydrogens is 392 g/mol. The molecule has 0 spiro atoms. The van der Waals surface area contributed by atoms with Crippen LogP contribution in [0.3, 0.4) is 0 Å². The first-order chi connectivity index (χ1) is 14.4. The molecule has 0 bridgehead atoms. The van der Waals surface area contributed by atoms with E-state index in [0.29, 0.717) is 17.2 Å². The third-order valence-corrected chi connectivity index (χ3v) is 6.13. The van der Waals surface area contributed by atoms with Crippen LogP contribution in [-0.2, 0) is 16.1 Å². The summed E-state index contributed by atoms with van der Waals surface area (Å²) in [5.41, 5.74) is 4.87. The Morgan fingerprint density at radius 2 is 1.63 bits per heavy atom. The van der Waals surface area contributed by atoms with Gasteiger partial charge in [0.1, 0.15) is 5.70 Å². The number of benzene rings is 2. The molecular formula is C25H24N2O2S. The molecule has 3 aromatic rings. The lowest BCUT2D eigenvalue weighted by atomic mass is 10.0. The highest BCUT2D eigenvalue weighted by Crippen LogP contribution is 2.34. The van der Waals surface area contributed by atoms with Gasteiger partial charge in [0.25, 0.3) is 11.8 Å². The SMILES string of the molecule is Cc1ccc(CN2C(=O)C(Nc3ccc(C(C)C)cc3)=C(c3cccs3)C2=O)cc1. The van der Waals surface area contributed by atoms with Gasteiger partial charge in [-0.1, -0.05) is 61.9 Å². The van der Waals surface area contributed by atoms with Gasteiger partial charge in [-0.25, -0.2) is 0 Å². The average molecular weight is 417 g/mol. The summed E-state index contributed by atoms with van der Waals surface area (Å²) in [5.74, 6) is -0.124. The van der Waals surface area contributed by atoms with Crippen molar-refractivity contribution in [1.82, 2.24) is 4.90 Å². The number of carbonyl (C=O) groups is 2. The fourth-order valence-electron chi connectivity index (χ4n) is 3.46. The van der Waals surface area contributed by atoms with Crippen LogP contribution in [0.5, 0.6) is 0 Å². The topological polar surface area (TPSA) is 49.4 Å². The lowest BCUT2D eigenvalue weighted by molar-refractivity contribution is -0.137. The molecule has 1 N–H and O–H groups in total. The quantitative estimate of drug-likeness (QED) is 0.534. The first-order valence-corrected chi connectivity index (χ1v) is 10.9. The van der Waals surface area contributed by atoms with Crippen molar-refractivity contribution in [2.24, 2.45) is 0 Å². The van der Waals surface area contributed by atoms with Crippen molar-refractivity contribution in [3.05, 3.63) is 93.3 Å². The van der Waals surface area contributed by atoms with Gasteiger partial charge in [0.05, 0.1) is 12.1 Å². The van der Waals surface area contributed by atoms with E-state index in [2.05, 4.69) is 19.2 Å². The monoisotopic (exact) mass is 416 g/mol. The van der Waals surface area contributed by atoms with Crippen LogP contribution in [0.15, 0.2) is 71.7 Å². The fraction of sp³-hybridized carbons (Fsp3) is 0.200. The van der Waals surface area contributed by atoms with Gasteiger partial charge in [0, 0.05) is 10.6 Å². The van der Waals surface area contributed by atoms with Gasteiger partial charge in [0.15, 0.2) is 0 Å². The molecule has 30 heavy (non-hydrogen) atoms. The van der Waals surface area contributed by atoms with Crippen LogP contribution >= 0.6 is 11.3 Å². The molecule has 1 aliphatic heterocycles. The molecule has 1 aromatic heterocycles. The average Bonchev–Trinajstić information content (AvgIpc) is 3.33. The van der Waals surface area contributed by atoms with Crippen LogP contribution in [-0.4, -0.2) is 16.7 Å². The van der Waals surface area contributed by atoms with E-state index in [4.69, 9.17) is 0 Å². The normalized spacial score (nSPS) is 14.2. The fourth-order valence-corrected chi connectivity index (χ4v) is 4.22. The lowest BCUT2D eigenvalue weighted by Crippen LogP contribution is -2.31. The van der Waals surface area contributed by atoms with Gasteiger partial charge in [-0.05, 0) is 47.5 Å². The second-order valence-corrected chi connectivity index (χ2v) is 8.76. The largest absolute Gasteiger partial charge is 0.350 e. The Balaban J connectivity index is 1.66. The smallest absolute Gasteiger partial charge is 0.278 e. The Labute approximate surface area is 180 Å². The first kappa shape index (κ1) is 20.1. The number of carbonyl (C=O) groups excluding carboxylic acids is 2. The van der Waals surface area contributed by atoms with Gasteiger partial charge in [-0.3, -0.25) is 14.5 Å². The maximum Gasteiger partial charge on any atom is 0.278 e. The van der Waals surface area contributed by atoms with E-state index in [1.54, 1.807) is 0 Å². The predicted molar refractivity (Wildman–Crippen MR) is 122 cm³/mol. The van der Waals surface area contributed by atoms with Gasteiger partial charge in [-0.15, -0.1) is 11.3 Å². The number of aryl methyl sites for hydroxylation is 1. The Morgan fingerprint density at radius 1 is 0.933 bits per heavy atom. The van der Waals surface area contributed by atoms with Crippen molar-refractivity contribution in [2.45, 2.75) is 33.2 Å². The zero-order chi connectivity index (χ0) is 21.3. The van der Waals surface area contributed by atoms with E-state index in [1.165, 1.54) is 21.8 Å². The van der Waals surface area contributed by atoms with E-state index in [9.17, 15) is 9.59 Å². The molecule has 0 saturated carbocycles. The minimum Gasteiger partial charge on any atom is -0.350 e. The van der Waals surface area contributed by atoms with Crippen molar-refractivity contribution in [2.75, 3.05) is 5.32 Å². The van der Waals surface area contributed by atoms with Crippen LogP contribution in [0.25, 0.3) is 5.57 Å². The van der Waals surface area contributed by atoms with Crippen LogP contribution in [0.2, 0.25) is 0 Å². The maximum atomic E-state index is 13.3. The van der Waals surface area contributed by atoms with Crippen molar-refractivity contribution < 1.29 is 9.59 Å². The predicted octanol–water partition coefficient (Wildman–Crippen LogP) is 5.57. The van der Waals surface area contributed by atoms with Crippen molar-refractivity contribution >= 4 is 34.4 Å². The Kier molecular flexibility index (Phi) is 5.55. The third kappa shape index (κ3) is 3.94. The number of anilines is 1. The Morgan fingerprint density at radius 3 is 2.23 bits per heavy atom. The summed E-state index contributed by atoms with van der Waals surface area (Å²) in [6.07, 6.45) is 0. The number of rotatable bonds is 6. The van der Waals surface area contributed by atoms with Gasteiger partial charge < -0.3 is 5.32 Å². The lowest BCUT2D eigenvalue weighted by Gasteiger charge is -2.15. The second kappa shape index (κ2) is 8.28. The minimum absolute atomic E-state index is 0.254.